The van der Waals surface area contributed by atoms with Crippen LogP contribution in [-0.2, 0) is 0 Å². The summed E-state index contributed by atoms with van der Waals surface area (Å²) in [5.74, 6) is 1.25. The van der Waals surface area contributed by atoms with Crippen molar-refractivity contribution >= 4 is 15.9 Å². The van der Waals surface area contributed by atoms with E-state index < -0.39 is 0 Å². The van der Waals surface area contributed by atoms with Gasteiger partial charge in [0.25, 0.3) is 0 Å². The van der Waals surface area contributed by atoms with E-state index in [0.29, 0.717) is 5.92 Å². The van der Waals surface area contributed by atoms with Crippen LogP contribution in [0.15, 0.2) is 10.8 Å². The molecule has 0 aromatic carbocycles. The average Bonchev–Trinajstić information content (AvgIpc) is 2.34. The van der Waals surface area contributed by atoms with Crippen LogP contribution in [0.4, 0.5) is 0 Å². The molecule has 0 saturated carbocycles. The molecule has 11 heavy (non-hydrogen) atoms. The molecule has 1 heterocycles. The number of nitrogens with zero attached hydrogens (tertiary/aromatic N) is 1. The van der Waals surface area contributed by atoms with Crippen molar-refractivity contribution in [1.29, 1.82) is 0 Å². The Morgan fingerprint density at radius 2 is 2.27 bits per heavy atom. The van der Waals surface area contributed by atoms with E-state index in [1.165, 1.54) is 0 Å². The second kappa shape index (κ2) is 3.36. The Balaban J connectivity index is 2.76. The predicted octanol–water partition coefficient (Wildman–Crippen LogP) is 1.83. The molecule has 0 radical (unpaired) electrons. The highest BCUT2D eigenvalue weighted by molar-refractivity contribution is 9.10. The quantitative estimate of drug-likeness (QED) is 0.795. The SMILES string of the molecule is CC(C)C(N)c1ncc(Br)[nH]1. The lowest BCUT2D eigenvalue weighted by molar-refractivity contribution is 0.493. The van der Waals surface area contributed by atoms with E-state index in [-0.39, 0.29) is 6.04 Å². The molecule has 0 fully saturated rings. The molecule has 1 aromatic heterocycles. The third-order valence-electron chi connectivity index (χ3n) is 1.60. The number of nitrogens with two attached hydrogens (primary N) is 1. The number of halogens is 1. The van der Waals surface area contributed by atoms with Crippen molar-refractivity contribution in [3.05, 3.63) is 16.6 Å². The molecule has 3 nitrogen and oxygen atoms in total. The van der Waals surface area contributed by atoms with E-state index in [1.807, 2.05) is 0 Å². The number of hydrogen-bond acceptors (Lipinski definition) is 2. The first-order chi connectivity index (χ1) is 5.11. The van der Waals surface area contributed by atoms with Crippen molar-refractivity contribution in [1.82, 2.24) is 9.97 Å². The van der Waals surface area contributed by atoms with Crippen molar-refractivity contribution in [3.8, 4) is 0 Å². The fourth-order valence-electron chi connectivity index (χ4n) is 0.798. The smallest absolute Gasteiger partial charge is 0.124 e. The van der Waals surface area contributed by atoms with Gasteiger partial charge in [-0.25, -0.2) is 4.98 Å². The van der Waals surface area contributed by atoms with Crippen molar-refractivity contribution in [2.75, 3.05) is 0 Å². The van der Waals surface area contributed by atoms with Gasteiger partial charge in [0.1, 0.15) is 10.4 Å². The molecule has 0 saturated heterocycles. The molecule has 0 aliphatic heterocycles. The Bertz CT molecular complexity index is 231. The zero-order valence-electron chi connectivity index (χ0n) is 6.63. The fourth-order valence-corrected chi connectivity index (χ4v) is 1.10. The predicted molar refractivity (Wildman–Crippen MR) is 48.1 cm³/mol. The molecule has 4 heteroatoms. The number of nitrogens with one attached hydrogen (secondary N) is 1. The fraction of sp³-hybridized carbons (Fsp3) is 0.571. The highest BCUT2D eigenvalue weighted by Gasteiger charge is 2.12. The topological polar surface area (TPSA) is 54.7 Å². The Hall–Kier alpha value is -0.350. The maximum atomic E-state index is 5.84. The third-order valence-corrected chi connectivity index (χ3v) is 2.00. The van der Waals surface area contributed by atoms with E-state index in [2.05, 4.69) is 39.7 Å². The minimum Gasteiger partial charge on any atom is -0.335 e. The molecule has 0 aliphatic rings. The molecule has 0 aliphatic carbocycles. The Labute approximate surface area is 74.5 Å². The number of imidazole rings is 1. The number of hydrogen-bond donors (Lipinski definition) is 2. The molecule has 0 spiro atoms. The van der Waals surface area contributed by atoms with Crippen molar-refractivity contribution in [2.24, 2.45) is 11.7 Å². The second-order valence-corrected chi connectivity index (χ2v) is 3.74. The van der Waals surface area contributed by atoms with Crippen LogP contribution in [0, 0.1) is 5.92 Å². The maximum Gasteiger partial charge on any atom is 0.124 e. The van der Waals surface area contributed by atoms with Crippen molar-refractivity contribution < 1.29 is 0 Å². The lowest BCUT2D eigenvalue weighted by Crippen LogP contribution is -2.17. The molecular formula is C7H12BrN3. The van der Waals surface area contributed by atoms with Gasteiger partial charge in [-0.2, -0.15) is 0 Å². The van der Waals surface area contributed by atoms with Gasteiger partial charge in [0.15, 0.2) is 0 Å². The Kier molecular flexibility index (Phi) is 2.67. The van der Waals surface area contributed by atoms with Gasteiger partial charge >= 0.3 is 0 Å². The summed E-state index contributed by atoms with van der Waals surface area (Å²) in [6.45, 7) is 4.14. The number of rotatable bonds is 2. The minimum absolute atomic E-state index is 0.00120. The van der Waals surface area contributed by atoms with Gasteiger partial charge in [-0.15, -0.1) is 0 Å². The van der Waals surface area contributed by atoms with Gasteiger partial charge in [-0.3, -0.25) is 0 Å². The molecule has 1 rings (SSSR count). The molecule has 1 unspecified atom stereocenters. The minimum atomic E-state index is 0.00120. The first kappa shape index (κ1) is 8.74. The van der Waals surface area contributed by atoms with Crippen LogP contribution in [0.3, 0.4) is 0 Å². The molecule has 1 aromatic rings. The van der Waals surface area contributed by atoms with Gasteiger partial charge in [0.2, 0.25) is 0 Å². The van der Waals surface area contributed by atoms with E-state index in [9.17, 15) is 0 Å². The summed E-state index contributed by atoms with van der Waals surface area (Å²) >= 11 is 3.28. The highest BCUT2D eigenvalue weighted by atomic mass is 79.9. The molecular weight excluding hydrogens is 206 g/mol. The Morgan fingerprint density at radius 3 is 2.64 bits per heavy atom. The average molecular weight is 218 g/mol. The summed E-state index contributed by atoms with van der Waals surface area (Å²) in [7, 11) is 0. The molecule has 0 bridgehead atoms. The van der Waals surface area contributed by atoms with Gasteiger partial charge in [-0.05, 0) is 21.8 Å². The lowest BCUT2D eigenvalue weighted by atomic mass is 10.1. The molecule has 3 N–H and O–H groups in total. The summed E-state index contributed by atoms with van der Waals surface area (Å²) in [5.41, 5.74) is 5.84. The van der Waals surface area contributed by atoms with Crippen LogP contribution < -0.4 is 5.73 Å². The number of aromatic nitrogens is 2. The van der Waals surface area contributed by atoms with Crippen LogP contribution in [-0.4, -0.2) is 9.97 Å². The van der Waals surface area contributed by atoms with E-state index in [0.717, 1.165) is 10.4 Å². The molecule has 1 atom stereocenters. The summed E-state index contributed by atoms with van der Waals surface area (Å²) < 4.78 is 0.878. The summed E-state index contributed by atoms with van der Waals surface area (Å²) in [4.78, 5) is 7.15. The first-order valence-electron chi connectivity index (χ1n) is 3.57. The number of aromatic amines is 1. The van der Waals surface area contributed by atoms with Crippen LogP contribution in [0.1, 0.15) is 25.7 Å². The largest absolute Gasteiger partial charge is 0.335 e. The van der Waals surface area contributed by atoms with Crippen LogP contribution in [0.2, 0.25) is 0 Å². The van der Waals surface area contributed by atoms with Gasteiger partial charge < -0.3 is 10.7 Å². The lowest BCUT2D eigenvalue weighted by Gasteiger charge is -2.11. The van der Waals surface area contributed by atoms with Crippen LogP contribution in [0.5, 0.6) is 0 Å². The number of H-pyrrole nitrogens is 1. The van der Waals surface area contributed by atoms with Crippen LogP contribution in [0.25, 0.3) is 0 Å². The standard InChI is InChI=1S/C7H12BrN3/c1-4(2)6(9)7-10-3-5(8)11-7/h3-4,6H,9H2,1-2H3,(H,10,11). The van der Waals surface area contributed by atoms with Crippen molar-refractivity contribution in [3.63, 3.8) is 0 Å². The van der Waals surface area contributed by atoms with E-state index in [4.69, 9.17) is 5.73 Å². The third kappa shape index (κ3) is 2.04. The molecule has 62 valence electrons. The zero-order chi connectivity index (χ0) is 8.43. The van der Waals surface area contributed by atoms with E-state index in [1.54, 1.807) is 6.20 Å². The highest BCUT2D eigenvalue weighted by Crippen LogP contribution is 2.16. The second-order valence-electron chi connectivity index (χ2n) is 2.89. The molecule has 0 amide bonds. The summed E-state index contributed by atoms with van der Waals surface area (Å²) in [5, 5.41) is 0. The Morgan fingerprint density at radius 1 is 1.64 bits per heavy atom. The van der Waals surface area contributed by atoms with Gasteiger partial charge in [0, 0.05) is 0 Å². The zero-order valence-corrected chi connectivity index (χ0v) is 8.22. The van der Waals surface area contributed by atoms with Gasteiger partial charge in [0.05, 0.1) is 12.2 Å². The normalized spacial score (nSPS) is 13.9. The monoisotopic (exact) mass is 217 g/mol. The maximum absolute atomic E-state index is 5.84. The van der Waals surface area contributed by atoms with Crippen LogP contribution >= 0.6 is 15.9 Å². The summed E-state index contributed by atoms with van der Waals surface area (Å²) in [6.07, 6.45) is 1.72. The van der Waals surface area contributed by atoms with Crippen molar-refractivity contribution in [2.45, 2.75) is 19.9 Å². The first-order valence-corrected chi connectivity index (χ1v) is 4.36. The van der Waals surface area contributed by atoms with Gasteiger partial charge in [-0.1, -0.05) is 13.8 Å². The van der Waals surface area contributed by atoms with E-state index >= 15 is 0 Å². The summed E-state index contributed by atoms with van der Waals surface area (Å²) in [6, 6.07) is 0.00120.